The van der Waals surface area contributed by atoms with Gasteiger partial charge in [-0.1, -0.05) is 28.4 Å². The number of aliphatic carboxylic acids is 1. The van der Waals surface area contributed by atoms with Crippen LogP contribution in [0.5, 0.6) is 5.75 Å². The predicted molar refractivity (Wildman–Crippen MR) is 107 cm³/mol. The number of aryl methyl sites for hydroxylation is 1. The summed E-state index contributed by atoms with van der Waals surface area (Å²) in [7, 11) is 0. The number of nitrogens with zero attached hydrogens (tertiary/aromatic N) is 3. The van der Waals surface area contributed by atoms with Gasteiger partial charge in [0.25, 0.3) is 5.89 Å². The molecule has 0 N–H and O–H groups in total. The fourth-order valence-electron chi connectivity index (χ4n) is 3.09. The molecule has 0 atom stereocenters. The molecular weight excluding hydrogens is 497 g/mol. The molecule has 166 valence electrons. The largest absolute Gasteiger partial charge is 1.00 e. The number of ether oxygens (including phenoxy) is 1. The molecule has 4 aromatic rings. The van der Waals surface area contributed by atoms with Crippen molar-refractivity contribution < 1.29 is 61.9 Å². The van der Waals surface area contributed by atoms with Gasteiger partial charge in [0, 0.05) is 47.2 Å². The number of carbonyl (C=O) groups excluding carboxylic acids is 1. The van der Waals surface area contributed by atoms with E-state index in [1.807, 2.05) is 0 Å². The Morgan fingerprint density at radius 1 is 1.12 bits per heavy atom. The number of halogens is 5. The van der Waals surface area contributed by atoms with Gasteiger partial charge in [-0.2, -0.15) is 4.98 Å². The van der Waals surface area contributed by atoms with Crippen LogP contribution in [0.1, 0.15) is 6.42 Å². The number of aromatic nitrogens is 3. The Morgan fingerprint density at radius 3 is 2.52 bits per heavy atom. The number of benzene rings is 2. The molecule has 0 radical (unpaired) electrons. The van der Waals surface area contributed by atoms with Crippen LogP contribution in [0.25, 0.3) is 33.7 Å². The molecule has 0 spiro atoms. The number of rotatable bonds is 6. The first kappa shape index (κ1) is 25.4. The molecule has 0 saturated heterocycles. The molecule has 33 heavy (non-hydrogen) atoms. The minimum atomic E-state index is -4.87. The third-order valence-corrected chi connectivity index (χ3v) is 5.07. The van der Waals surface area contributed by atoms with E-state index in [4.69, 9.17) is 27.7 Å². The monoisotopic (exact) mass is 507 g/mol. The van der Waals surface area contributed by atoms with Crippen molar-refractivity contribution in [2.45, 2.75) is 19.3 Å². The van der Waals surface area contributed by atoms with Crippen LogP contribution in [-0.4, -0.2) is 27.0 Å². The third-order valence-electron chi connectivity index (χ3n) is 4.48. The molecule has 0 fully saturated rings. The summed E-state index contributed by atoms with van der Waals surface area (Å²) in [6.07, 6.45) is -3.41. The summed E-state index contributed by atoms with van der Waals surface area (Å²) in [4.78, 5) is 15.0. The van der Waals surface area contributed by atoms with Crippen LogP contribution >= 0.6 is 23.2 Å². The van der Waals surface area contributed by atoms with Crippen LogP contribution in [-0.2, 0) is 11.3 Å². The number of hydrogen-bond donors (Lipinski definition) is 0. The molecule has 0 aliphatic heterocycles. The van der Waals surface area contributed by atoms with Gasteiger partial charge in [-0.05, 0) is 36.4 Å². The number of carboxylic acids is 1. The standard InChI is InChI=1S/C20H12Cl2F3N3O4.Na/c21-13-8-11(2-4-16(13)31-20(23,24)25)19-26-18(27-32-19)10-1-3-15-12(7-10)14(22)9-28(15)6-5-17(29)30;/h1-4,7-9H,5-6H2,(H,29,30);/q;+1/p-1. The second-order valence-corrected chi connectivity index (χ2v) is 7.45. The van der Waals surface area contributed by atoms with Crippen molar-refractivity contribution in [3.05, 3.63) is 52.6 Å². The van der Waals surface area contributed by atoms with Gasteiger partial charge < -0.3 is 23.7 Å². The summed E-state index contributed by atoms with van der Waals surface area (Å²) in [6.45, 7) is 0.200. The number of alkyl halides is 3. The van der Waals surface area contributed by atoms with Gasteiger partial charge >= 0.3 is 35.9 Å². The number of fused-ring (bicyclic) bond motifs is 1. The Kier molecular flexibility index (Phi) is 7.65. The van der Waals surface area contributed by atoms with Crippen molar-refractivity contribution in [2.75, 3.05) is 0 Å². The van der Waals surface area contributed by atoms with E-state index in [-0.39, 0.29) is 59.3 Å². The van der Waals surface area contributed by atoms with Crippen LogP contribution in [0.3, 0.4) is 0 Å². The van der Waals surface area contributed by atoms with Gasteiger partial charge in [0.2, 0.25) is 5.82 Å². The first-order valence-corrected chi connectivity index (χ1v) is 9.74. The number of carbonyl (C=O) groups is 1. The first-order chi connectivity index (χ1) is 15.1. The molecule has 2 aromatic carbocycles. The Morgan fingerprint density at radius 2 is 1.85 bits per heavy atom. The maximum atomic E-state index is 12.4. The average molecular weight is 508 g/mol. The molecule has 13 heteroatoms. The topological polar surface area (TPSA) is 93.2 Å². The zero-order valence-corrected chi connectivity index (χ0v) is 20.3. The molecule has 0 saturated carbocycles. The van der Waals surface area contributed by atoms with Crippen molar-refractivity contribution >= 4 is 40.1 Å². The minimum Gasteiger partial charge on any atom is -0.550 e. The second kappa shape index (κ2) is 9.94. The molecule has 2 heterocycles. The Balaban J connectivity index is 0.00000306. The van der Waals surface area contributed by atoms with E-state index in [1.54, 1.807) is 29.0 Å². The van der Waals surface area contributed by atoms with Gasteiger partial charge in [-0.3, -0.25) is 0 Å². The van der Waals surface area contributed by atoms with Crippen LogP contribution in [0.15, 0.2) is 47.1 Å². The Bertz CT molecular complexity index is 1320. The molecule has 0 bridgehead atoms. The fourth-order valence-corrected chi connectivity index (χ4v) is 3.58. The molecule has 0 aliphatic carbocycles. The van der Waals surface area contributed by atoms with E-state index in [0.717, 1.165) is 11.6 Å². The maximum Gasteiger partial charge on any atom is 1.00 e. The Labute approximate surface area is 216 Å². The van der Waals surface area contributed by atoms with E-state index in [0.29, 0.717) is 21.5 Å². The molecule has 0 amide bonds. The SMILES string of the molecule is O=C([O-])CCn1cc(Cl)c2cc(-c3noc(-c4ccc(OC(F)(F)F)c(Cl)c4)n3)ccc21.[Na+]. The normalized spacial score (nSPS) is 11.4. The van der Waals surface area contributed by atoms with Crippen molar-refractivity contribution in [3.63, 3.8) is 0 Å². The van der Waals surface area contributed by atoms with E-state index >= 15 is 0 Å². The van der Waals surface area contributed by atoms with Gasteiger partial charge in [0.05, 0.1) is 10.0 Å². The van der Waals surface area contributed by atoms with Crippen molar-refractivity contribution in [1.82, 2.24) is 14.7 Å². The zero-order valence-electron chi connectivity index (χ0n) is 16.8. The smallest absolute Gasteiger partial charge is 0.550 e. The van der Waals surface area contributed by atoms with Crippen molar-refractivity contribution in [3.8, 4) is 28.6 Å². The van der Waals surface area contributed by atoms with Crippen molar-refractivity contribution in [1.29, 1.82) is 0 Å². The van der Waals surface area contributed by atoms with E-state index in [2.05, 4.69) is 14.9 Å². The predicted octanol–water partition coefficient (Wildman–Crippen LogP) is 1.71. The van der Waals surface area contributed by atoms with E-state index in [9.17, 15) is 23.1 Å². The maximum absolute atomic E-state index is 12.4. The first-order valence-electron chi connectivity index (χ1n) is 8.99. The molecular formula is C20H11Cl2F3N3NaO4. The molecule has 4 rings (SSSR count). The van der Waals surface area contributed by atoms with Crippen molar-refractivity contribution in [2.24, 2.45) is 0 Å². The second-order valence-electron chi connectivity index (χ2n) is 6.64. The molecule has 0 unspecified atom stereocenters. The Hall–Kier alpha value is -2.24. The summed E-state index contributed by atoms with van der Waals surface area (Å²) in [5.74, 6) is -1.46. The van der Waals surface area contributed by atoms with Gasteiger partial charge in [0.15, 0.2) is 0 Å². The molecule has 0 aliphatic rings. The van der Waals surface area contributed by atoms with E-state index < -0.39 is 18.1 Å². The zero-order chi connectivity index (χ0) is 23.0. The summed E-state index contributed by atoms with van der Waals surface area (Å²) in [5, 5.41) is 15.4. The van der Waals surface area contributed by atoms with Crippen LogP contribution in [0.4, 0.5) is 13.2 Å². The van der Waals surface area contributed by atoms with Crippen LogP contribution < -0.4 is 39.4 Å². The summed E-state index contributed by atoms with van der Waals surface area (Å²) in [6, 6.07) is 8.74. The summed E-state index contributed by atoms with van der Waals surface area (Å²) in [5.41, 5.74) is 1.58. The van der Waals surface area contributed by atoms with E-state index in [1.165, 1.54) is 12.1 Å². The van der Waals surface area contributed by atoms with Gasteiger partial charge in [0.1, 0.15) is 5.75 Å². The quantitative estimate of drug-likeness (QED) is 0.369. The fraction of sp³-hybridized carbons (Fsp3) is 0.150. The number of carboxylic acid groups (broad SMARTS) is 1. The van der Waals surface area contributed by atoms with Crippen LogP contribution in [0, 0.1) is 0 Å². The van der Waals surface area contributed by atoms with Crippen LogP contribution in [0.2, 0.25) is 10.0 Å². The third kappa shape index (κ3) is 5.82. The summed E-state index contributed by atoms with van der Waals surface area (Å²) < 4.78 is 47.9. The average Bonchev–Trinajstić information content (AvgIpc) is 3.32. The minimum absolute atomic E-state index is 0. The van der Waals surface area contributed by atoms with Gasteiger partial charge in [-0.25, -0.2) is 0 Å². The molecule has 2 aromatic heterocycles. The number of hydrogen-bond acceptors (Lipinski definition) is 6. The van der Waals surface area contributed by atoms with Gasteiger partial charge in [-0.15, -0.1) is 13.2 Å². The summed E-state index contributed by atoms with van der Waals surface area (Å²) >= 11 is 12.1. The molecule has 7 nitrogen and oxygen atoms in total.